The molecule has 1 amide bonds. The Balaban J connectivity index is 1.43. The van der Waals surface area contributed by atoms with Crippen molar-refractivity contribution in [1.82, 2.24) is 9.88 Å². The van der Waals surface area contributed by atoms with Crippen LogP contribution in [-0.2, 0) is 11.2 Å². The summed E-state index contributed by atoms with van der Waals surface area (Å²) in [5.74, 6) is 0.673. The number of hydrogen-bond acceptors (Lipinski definition) is 5. The second kappa shape index (κ2) is 8.73. The van der Waals surface area contributed by atoms with E-state index in [1.807, 2.05) is 31.2 Å². The van der Waals surface area contributed by atoms with E-state index in [1.165, 1.54) is 0 Å². The summed E-state index contributed by atoms with van der Waals surface area (Å²) in [7, 11) is 0. The van der Waals surface area contributed by atoms with Crippen molar-refractivity contribution in [2.45, 2.75) is 26.2 Å². The average molecular weight is 368 g/mol. The predicted octanol–water partition coefficient (Wildman–Crippen LogP) is 3.19. The molecular formula is C20H24N4O3. The molecule has 2 heterocycles. The first-order valence-electron chi connectivity index (χ1n) is 9.20. The number of piperidine rings is 1. The topological polar surface area (TPSA) is 88.4 Å². The Morgan fingerprint density at radius 2 is 1.96 bits per heavy atom. The predicted molar refractivity (Wildman–Crippen MR) is 104 cm³/mol. The van der Waals surface area contributed by atoms with Gasteiger partial charge in [0.2, 0.25) is 5.91 Å². The number of aryl methyl sites for hydroxylation is 1. The highest BCUT2D eigenvalue weighted by Crippen LogP contribution is 2.20. The maximum absolute atomic E-state index is 12.4. The minimum Gasteiger partial charge on any atom is -0.310 e. The van der Waals surface area contributed by atoms with Gasteiger partial charge < -0.3 is 10.2 Å². The zero-order chi connectivity index (χ0) is 19.2. The van der Waals surface area contributed by atoms with Gasteiger partial charge in [-0.25, -0.2) is 4.98 Å². The molecule has 1 saturated heterocycles. The van der Waals surface area contributed by atoms with Crippen LogP contribution in [0.25, 0.3) is 0 Å². The largest absolute Gasteiger partial charge is 0.310 e. The molecule has 1 aromatic carbocycles. The summed E-state index contributed by atoms with van der Waals surface area (Å²) >= 11 is 0. The molecular weight excluding hydrogens is 344 g/mol. The SMILES string of the molecule is Cc1ccnc(NC(=O)C2CCN(CCc3ccc([N+](=O)[O-])cc3)CC2)c1. The van der Waals surface area contributed by atoms with Crippen LogP contribution in [0, 0.1) is 23.0 Å². The molecule has 0 saturated carbocycles. The van der Waals surface area contributed by atoms with Crippen LogP contribution in [0.5, 0.6) is 0 Å². The number of nitro groups is 1. The van der Waals surface area contributed by atoms with E-state index in [1.54, 1.807) is 18.3 Å². The van der Waals surface area contributed by atoms with Crippen LogP contribution >= 0.6 is 0 Å². The number of carbonyl (C=O) groups is 1. The minimum atomic E-state index is -0.383. The van der Waals surface area contributed by atoms with Crippen LogP contribution in [0.2, 0.25) is 0 Å². The molecule has 0 bridgehead atoms. The zero-order valence-electron chi connectivity index (χ0n) is 15.4. The van der Waals surface area contributed by atoms with Gasteiger partial charge in [-0.15, -0.1) is 0 Å². The molecule has 0 atom stereocenters. The molecule has 1 aliphatic rings. The molecule has 3 rings (SSSR count). The van der Waals surface area contributed by atoms with Crippen LogP contribution in [0.1, 0.15) is 24.0 Å². The number of benzene rings is 1. The first-order valence-corrected chi connectivity index (χ1v) is 9.20. The second-order valence-corrected chi connectivity index (χ2v) is 7.00. The Hall–Kier alpha value is -2.80. The normalized spacial score (nSPS) is 15.4. The third-order valence-electron chi connectivity index (χ3n) is 4.99. The van der Waals surface area contributed by atoms with Crippen molar-refractivity contribution in [3.05, 3.63) is 63.8 Å². The smallest absolute Gasteiger partial charge is 0.269 e. The van der Waals surface area contributed by atoms with Crippen LogP contribution in [-0.4, -0.2) is 40.3 Å². The number of non-ortho nitro benzene ring substituents is 1. The number of hydrogen-bond donors (Lipinski definition) is 1. The van der Waals surface area contributed by atoms with Gasteiger partial charge in [-0.3, -0.25) is 14.9 Å². The molecule has 0 aliphatic carbocycles. The van der Waals surface area contributed by atoms with Crippen molar-refractivity contribution in [2.75, 3.05) is 25.0 Å². The van der Waals surface area contributed by atoms with Gasteiger partial charge in [-0.2, -0.15) is 0 Å². The van der Waals surface area contributed by atoms with Gasteiger partial charge in [0.1, 0.15) is 5.82 Å². The molecule has 0 spiro atoms. The van der Waals surface area contributed by atoms with Crippen LogP contribution < -0.4 is 5.32 Å². The van der Waals surface area contributed by atoms with E-state index in [2.05, 4.69) is 15.2 Å². The standard InChI is InChI=1S/C20H24N4O3/c1-15-6-10-21-19(14-15)22-20(25)17-8-12-23(13-9-17)11-7-16-2-4-18(5-3-16)24(26)27/h2-6,10,14,17H,7-9,11-13H2,1H3,(H,21,22,25). The molecule has 7 heteroatoms. The van der Waals surface area contributed by atoms with Crippen LogP contribution in [0.15, 0.2) is 42.6 Å². The number of nitrogens with one attached hydrogen (secondary N) is 1. The first-order chi connectivity index (χ1) is 13.0. The van der Waals surface area contributed by atoms with Gasteiger partial charge in [0, 0.05) is 30.8 Å². The van der Waals surface area contributed by atoms with Gasteiger partial charge in [-0.1, -0.05) is 12.1 Å². The Labute approximate surface area is 158 Å². The molecule has 2 aromatic rings. The monoisotopic (exact) mass is 368 g/mol. The van der Waals surface area contributed by atoms with E-state index in [0.717, 1.165) is 50.0 Å². The highest BCUT2D eigenvalue weighted by molar-refractivity contribution is 5.91. The Kier molecular flexibility index (Phi) is 6.13. The summed E-state index contributed by atoms with van der Waals surface area (Å²) in [5.41, 5.74) is 2.28. The molecule has 142 valence electrons. The number of carbonyl (C=O) groups excluding carboxylic acids is 1. The second-order valence-electron chi connectivity index (χ2n) is 7.00. The summed E-state index contributed by atoms with van der Waals surface area (Å²) in [6, 6.07) is 10.5. The van der Waals surface area contributed by atoms with E-state index in [0.29, 0.717) is 5.82 Å². The third-order valence-corrected chi connectivity index (χ3v) is 4.99. The van der Waals surface area contributed by atoms with Gasteiger partial charge >= 0.3 is 0 Å². The van der Waals surface area contributed by atoms with Crippen molar-refractivity contribution in [2.24, 2.45) is 5.92 Å². The van der Waals surface area contributed by atoms with Gasteiger partial charge in [0.25, 0.3) is 5.69 Å². The summed E-state index contributed by atoms with van der Waals surface area (Å²) < 4.78 is 0. The number of rotatable bonds is 6. The molecule has 0 radical (unpaired) electrons. The molecule has 1 aliphatic heterocycles. The molecule has 1 fully saturated rings. The summed E-state index contributed by atoms with van der Waals surface area (Å²) in [5, 5.41) is 13.6. The number of anilines is 1. The number of likely N-dealkylation sites (tertiary alicyclic amines) is 1. The molecule has 7 nitrogen and oxygen atoms in total. The summed E-state index contributed by atoms with van der Waals surface area (Å²) in [6.45, 7) is 4.63. The van der Waals surface area contributed by atoms with E-state index < -0.39 is 0 Å². The van der Waals surface area contributed by atoms with Gasteiger partial charge in [0.05, 0.1) is 4.92 Å². The lowest BCUT2D eigenvalue weighted by Gasteiger charge is -2.31. The van der Waals surface area contributed by atoms with Gasteiger partial charge in [0.15, 0.2) is 0 Å². The highest BCUT2D eigenvalue weighted by atomic mass is 16.6. The fourth-order valence-electron chi connectivity index (χ4n) is 3.32. The van der Waals surface area contributed by atoms with Crippen molar-refractivity contribution in [3.8, 4) is 0 Å². The zero-order valence-corrected chi connectivity index (χ0v) is 15.4. The Bertz CT molecular complexity index is 799. The molecule has 27 heavy (non-hydrogen) atoms. The number of amides is 1. The van der Waals surface area contributed by atoms with Crippen molar-refractivity contribution in [1.29, 1.82) is 0 Å². The Morgan fingerprint density at radius 1 is 1.26 bits per heavy atom. The number of pyridine rings is 1. The van der Waals surface area contributed by atoms with E-state index in [-0.39, 0.29) is 22.4 Å². The summed E-state index contributed by atoms with van der Waals surface area (Å²) in [4.78, 5) is 29.3. The van der Waals surface area contributed by atoms with Crippen LogP contribution in [0.4, 0.5) is 11.5 Å². The van der Waals surface area contributed by atoms with E-state index >= 15 is 0 Å². The van der Waals surface area contributed by atoms with Gasteiger partial charge in [-0.05, 0) is 62.5 Å². The maximum atomic E-state index is 12.4. The highest BCUT2D eigenvalue weighted by Gasteiger charge is 2.25. The third kappa shape index (κ3) is 5.34. The lowest BCUT2D eigenvalue weighted by atomic mass is 9.95. The molecule has 1 N–H and O–H groups in total. The minimum absolute atomic E-state index is 0.0166. The average Bonchev–Trinajstić information content (AvgIpc) is 2.67. The first kappa shape index (κ1) is 19.0. The Morgan fingerprint density at radius 3 is 2.59 bits per heavy atom. The summed E-state index contributed by atoms with van der Waals surface area (Å²) in [6.07, 6.45) is 4.21. The van der Waals surface area contributed by atoms with E-state index in [9.17, 15) is 14.9 Å². The van der Waals surface area contributed by atoms with Crippen molar-refractivity contribution in [3.63, 3.8) is 0 Å². The lowest BCUT2D eigenvalue weighted by Crippen LogP contribution is -2.39. The maximum Gasteiger partial charge on any atom is 0.269 e. The van der Waals surface area contributed by atoms with Crippen molar-refractivity contribution < 1.29 is 9.72 Å². The fourth-order valence-corrected chi connectivity index (χ4v) is 3.32. The molecule has 0 unspecified atom stereocenters. The molecule has 1 aromatic heterocycles. The quantitative estimate of drug-likeness (QED) is 0.625. The van der Waals surface area contributed by atoms with Crippen molar-refractivity contribution >= 4 is 17.4 Å². The lowest BCUT2D eigenvalue weighted by molar-refractivity contribution is -0.384. The van der Waals surface area contributed by atoms with Crippen LogP contribution in [0.3, 0.4) is 0 Å². The fraction of sp³-hybridized carbons (Fsp3) is 0.400. The number of aromatic nitrogens is 1. The number of nitro benzene ring substituents is 1. The number of nitrogens with zero attached hydrogens (tertiary/aromatic N) is 3. The van der Waals surface area contributed by atoms with E-state index in [4.69, 9.17) is 0 Å².